The van der Waals surface area contributed by atoms with Gasteiger partial charge in [0.05, 0.1) is 36.6 Å². The van der Waals surface area contributed by atoms with Crippen LogP contribution < -0.4 is 26.3 Å². The molecule has 1 saturated heterocycles. The Kier molecular flexibility index (Phi) is 11.4. The second kappa shape index (κ2) is 15.3. The van der Waals surface area contributed by atoms with E-state index in [9.17, 15) is 23.9 Å². The highest BCUT2D eigenvalue weighted by Crippen LogP contribution is 2.58. The smallest absolute Gasteiger partial charge is 0.329 e. The fraction of sp³-hybridized carbons (Fsp3) is 0.515. The van der Waals surface area contributed by atoms with Gasteiger partial charge in [0, 0.05) is 35.4 Å². The molecule has 5 rings (SSSR count). The van der Waals surface area contributed by atoms with E-state index < -0.39 is 37.3 Å². The molecule has 2 amide bonds. The molecule has 5 atom stereocenters. The predicted octanol–water partition coefficient (Wildman–Crippen LogP) is 4.42. The number of hydrogen-bond acceptors (Lipinski definition) is 10. The standard InChI is InChI=1S/C33H45N6O7PS/c1-19(2)36-33-38-27(18-48-33)26-16-29(23-12-11-21(45-3)14-25(23)37-26)46-22-15-28(31(35)40)39(17-22)32(41)24(34)10-8-6-4-5-7-9-20-13-30(20)47(42,43)44/h7,9,11-12,14,16,18-20,22,24,28,30H,4-6,8,10,13,15,17,34H2,1-3H3,(H2,35,40)(H,36,38)(H2,42,43,44)/b9-7-/t20-,22-,24+,28+,30+/m1/s1. The van der Waals surface area contributed by atoms with Gasteiger partial charge in [-0.25, -0.2) is 9.97 Å². The average Bonchev–Trinajstić information content (AvgIpc) is 3.48. The van der Waals surface area contributed by atoms with E-state index in [0.29, 0.717) is 41.2 Å². The van der Waals surface area contributed by atoms with E-state index in [0.717, 1.165) is 36.2 Å². The maximum atomic E-state index is 13.4. The number of unbranched alkanes of at least 4 members (excludes halogenated alkanes) is 3. The zero-order chi connectivity index (χ0) is 34.6. The van der Waals surface area contributed by atoms with Crippen molar-refractivity contribution < 1.29 is 33.4 Å². The Morgan fingerprint density at radius 3 is 2.65 bits per heavy atom. The minimum atomic E-state index is -3.99. The zero-order valence-corrected chi connectivity index (χ0v) is 29.2. The summed E-state index contributed by atoms with van der Waals surface area (Å²) in [6.45, 7) is 4.25. The number of likely N-dealkylation sites (tertiary alicyclic amines) is 1. The summed E-state index contributed by atoms with van der Waals surface area (Å²) < 4.78 is 23.2. The van der Waals surface area contributed by atoms with Crippen molar-refractivity contribution in [2.75, 3.05) is 19.0 Å². The molecule has 260 valence electrons. The van der Waals surface area contributed by atoms with Crippen molar-refractivity contribution in [3.63, 3.8) is 0 Å². The second-order valence-corrected chi connectivity index (χ2v) is 15.5. The zero-order valence-electron chi connectivity index (χ0n) is 27.4. The number of nitrogens with zero attached hydrogens (tertiary/aromatic N) is 3. The molecule has 2 fully saturated rings. The molecular formula is C33H45N6O7PS. The first-order valence-corrected chi connectivity index (χ1v) is 18.8. The number of primary amides is 1. The largest absolute Gasteiger partial charge is 0.497 e. The Balaban J connectivity index is 1.21. The highest BCUT2D eigenvalue weighted by molar-refractivity contribution is 7.53. The van der Waals surface area contributed by atoms with Crippen molar-refractivity contribution in [1.29, 1.82) is 0 Å². The molecule has 1 aliphatic heterocycles. The van der Waals surface area contributed by atoms with Gasteiger partial charge in [-0.1, -0.05) is 25.0 Å². The molecule has 3 heterocycles. The summed E-state index contributed by atoms with van der Waals surface area (Å²) in [4.78, 5) is 55.3. The number of amides is 2. The van der Waals surface area contributed by atoms with Gasteiger partial charge in [0.1, 0.15) is 29.3 Å². The van der Waals surface area contributed by atoms with E-state index in [1.165, 1.54) is 16.2 Å². The van der Waals surface area contributed by atoms with Crippen LogP contribution in [0.3, 0.4) is 0 Å². The van der Waals surface area contributed by atoms with Gasteiger partial charge in [0.25, 0.3) is 0 Å². The van der Waals surface area contributed by atoms with Crippen molar-refractivity contribution >= 4 is 46.8 Å². The normalized spacial score (nSPS) is 21.6. The first-order valence-electron chi connectivity index (χ1n) is 16.3. The third-order valence-corrected chi connectivity index (χ3v) is 10.9. The minimum absolute atomic E-state index is 0.0375. The lowest BCUT2D eigenvalue weighted by Crippen LogP contribution is -2.50. The number of rotatable bonds is 16. The van der Waals surface area contributed by atoms with Crippen LogP contribution in [-0.4, -0.2) is 80.0 Å². The SMILES string of the molecule is COc1ccc2c(O[C@@H]3C[C@@H](C(N)=O)N(C(=O)[C@@H](N)CCCCC/C=C\[C@@H]4C[C@@H]4P(=O)(O)O)C3)cc(-c3csc(NC(C)C)n3)nc2c1. The van der Waals surface area contributed by atoms with Gasteiger partial charge in [-0.05, 0) is 57.6 Å². The van der Waals surface area contributed by atoms with Gasteiger partial charge in [-0.15, -0.1) is 11.3 Å². The Hall–Kier alpha value is -3.55. The number of aromatic nitrogens is 2. The monoisotopic (exact) mass is 700 g/mol. The molecule has 2 aromatic heterocycles. The minimum Gasteiger partial charge on any atom is -0.497 e. The number of benzene rings is 1. The molecule has 2 aliphatic rings. The van der Waals surface area contributed by atoms with Crippen LogP contribution in [0.1, 0.15) is 58.8 Å². The Morgan fingerprint density at radius 2 is 1.96 bits per heavy atom. The highest BCUT2D eigenvalue weighted by atomic mass is 32.1. The first-order chi connectivity index (χ1) is 22.8. The highest BCUT2D eigenvalue weighted by Gasteiger charge is 2.47. The number of carbonyl (C=O) groups excluding carboxylic acids is 2. The van der Waals surface area contributed by atoms with Crippen LogP contribution in [0, 0.1) is 5.92 Å². The molecule has 3 aromatic rings. The fourth-order valence-corrected chi connectivity index (χ4v) is 7.98. The molecule has 1 aliphatic carbocycles. The third-order valence-electron chi connectivity index (χ3n) is 8.65. The van der Waals surface area contributed by atoms with E-state index >= 15 is 0 Å². The number of pyridine rings is 1. The van der Waals surface area contributed by atoms with Crippen LogP contribution in [0.2, 0.25) is 0 Å². The Morgan fingerprint density at radius 1 is 1.17 bits per heavy atom. The summed E-state index contributed by atoms with van der Waals surface area (Å²) in [5, 5.41) is 6.77. The Labute approximate surface area is 284 Å². The molecule has 13 nitrogen and oxygen atoms in total. The van der Waals surface area contributed by atoms with Crippen molar-refractivity contribution in [2.24, 2.45) is 17.4 Å². The van der Waals surface area contributed by atoms with E-state index in [2.05, 4.69) is 5.32 Å². The van der Waals surface area contributed by atoms with E-state index in [1.807, 2.05) is 55.6 Å². The number of anilines is 1. The lowest BCUT2D eigenvalue weighted by atomic mass is 10.1. The maximum absolute atomic E-state index is 13.4. The third kappa shape index (κ3) is 8.91. The van der Waals surface area contributed by atoms with Crippen molar-refractivity contribution in [3.8, 4) is 22.9 Å². The quantitative estimate of drug-likeness (QED) is 0.0804. The molecular weight excluding hydrogens is 655 g/mol. The molecule has 0 unspecified atom stereocenters. The molecule has 0 bridgehead atoms. The molecule has 7 N–H and O–H groups in total. The number of ether oxygens (including phenoxy) is 2. The molecule has 1 aromatic carbocycles. The van der Waals surface area contributed by atoms with Crippen molar-refractivity contribution in [3.05, 3.63) is 41.8 Å². The summed E-state index contributed by atoms with van der Waals surface area (Å²) in [5.74, 6) is 0.209. The van der Waals surface area contributed by atoms with Crippen LogP contribution >= 0.6 is 18.9 Å². The van der Waals surface area contributed by atoms with Gasteiger partial charge in [-0.3, -0.25) is 14.2 Å². The second-order valence-electron chi connectivity index (χ2n) is 12.8. The molecule has 0 radical (unpaired) electrons. The van der Waals surface area contributed by atoms with Gasteiger partial charge >= 0.3 is 7.60 Å². The van der Waals surface area contributed by atoms with Gasteiger partial charge in [-0.2, -0.15) is 0 Å². The number of thiazole rings is 1. The predicted molar refractivity (Wildman–Crippen MR) is 186 cm³/mol. The summed E-state index contributed by atoms with van der Waals surface area (Å²) >= 11 is 1.49. The molecule has 0 spiro atoms. The van der Waals surface area contributed by atoms with Gasteiger partial charge < -0.3 is 40.9 Å². The van der Waals surface area contributed by atoms with Gasteiger partial charge in [0.15, 0.2) is 5.13 Å². The number of hydrogen-bond donors (Lipinski definition) is 5. The topological polar surface area (TPSA) is 203 Å². The maximum Gasteiger partial charge on any atom is 0.329 e. The summed E-state index contributed by atoms with van der Waals surface area (Å²) in [6, 6.07) is 5.95. The lowest BCUT2D eigenvalue weighted by Gasteiger charge is -2.25. The number of fused-ring (bicyclic) bond motifs is 1. The Bertz CT molecular complexity index is 1690. The average molecular weight is 701 g/mol. The fourth-order valence-electron chi connectivity index (χ4n) is 6.02. The van der Waals surface area contributed by atoms with E-state index in [-0.39, 0.29) is 30.8 Å². The van der Waals surface area contributed by atoms with E-state index in [1.54, 1.807) is 7.11 Å². The van der Waals surface area contributed by atoms with Crippen molar-refractivity contribution in [2.45, 2.75) is 88.7 Å². The summed E-state index contributed by atoms with van der Waals surface area (Å²) in [5.41, 5.74) is 13.5. The number of methoxy groups -OCH3 is 1. The molecule has 15 heteroatoms. The van der Waals surface area contributed by atoms with Gasteiger partial charge in [0.2, 0.25) is 11.8 Å². The van der Waals surface area contributed by atoms with Crippen LogP contribution in [0.25, 0.3) is 22.3 Å². The first kappa shape index (κ1) is 35.7. The number of nitrogens with one attached hydrogen (secondary N) is 1. The van der Waals surface area contributed by atoms with Crippen LogP contribution in [-0.2, 0) is 14.2 Å². The number of allylic oxidation sites excluding steroid dienone is 2. The molecule has 48 heavy (non-hydrogen) atoms. The summed E-state index contributed by atoms with van der Waals surface area (Å²) in [7, 11) is -2.40. The lowest BCUT2D eigenvalue weighted by molar-refractivity contribution is -0.138. The number of nitrogens with two attached hydrogens (primary N) is 2. The van der Waals surface area contributed by atoms with E-state index in [4.69, 9.17) is 30.9 Å². The number of carbonyl (C=O) groups is 2. The van der Waals surface area contributed by atoms with Crippen LogP contribution in [0.4, 0.5) is 5.13 Å². The molecule has 1 saturated carbocycles. The summed E-state index contributed by atoms with van der Waals surface area (Å²) in [6.07, 6.45) is 7.82. The van der Waals surface area contributed by atoms with Crippen LogP contribution in [0.5, 0.6) is 11.5 Å². The van der Waals surface area contributed by atoms with Crippen LogP contribution in [0.15, 0.2) is 41.8 Å². The van der Waals surface area contributed by atoms with Crippen molar-refractivity contribution in [1.82, 2.24) is 14.9 Å².